The predicted octanol–water partition coefficient (Wildman–Crippen LogP) is 1.65. The lowest BCUT2D eigenvalue weighted by Crippen LogP contribution is -2.52. The molecule has 2 N–H and O–H groups in total. The SMILES string of the molecule is CCOC(=O)C1=C(CN2CCN(C(=O)OCC)CC2)NC(=O)N[C@@H]1c1ccc(OC)c(OC)c1. The van der Waals surface area contributed by atoms with E-state index in [0.717, 1.165) is 0 Å². The van der Waals surface area contributed by atoms with Crippen LogP contribution >= 0.6 is 0 Å². The molecule has 0 spiro atoms. The van der Waals surface area contributed by atoms with Crippen LogP contribution < -0.4 is 20.1 Å². The van der Waals surface area contributed by atoms with Gasteiger partial charge in [0.1, 0.15) is 0 Å². The topological polar surface area (TPSA) is 119 Å². The summed E-state index contributed by atoms with van der Waals surface area (Å²) in [5, 5.41) is 5.61. The fourth-order valence-corrected chi connectivity index (χ4v) is 4.00. The number of carbonyl (C=O) groups is 3. The number of nitrogens with zero attached hydrogens (tertiary/aromatic N) is 2. The van der Waals surface area contributed by atoms with Crippen LogP contribution in [-0.2, 0) is 14.3 Å². The standard InChI is InChI=1S/C23H32N4O7/c1-5-33-21(28)19-16(14-26-9-11-27(12-10-26)23(30)34-6-2)24-22(29)25-20(19)15-7-8-17(31-3)18(13-15)32-4/h7-8,13,20H,5-6,9-12,14H2,1-4H3,(H2,24,25,29)/t20-/m1/s1. The number of amides is 3. The molecule has 1 aromatic rings. The molecule has 34 heavy (non-hydrogen) atoms. The molecular weight excluding hydrogens is 444 g/mol. The summed E-state index contributed by atoms with van der Waals surface area (Å²) in [7, 11) is 3.06. The van der Waals surface area contributed by atoms with Gasteiger partial charge in [-0.25, -0.2) is 14.4 Å². The summed E-state index contributed by atoms with van der Waals surface area (Å²) in [6.07, 6.45) is -0.336. The number of methoxy groups -OCH3 is 2. The molecule has 2 aliphatic rings. The van der Waals surface area contributed by atoms with Crippen molar-refractivity contribution in [2.75, 3.05) is 60.2 Å². The lowest BCUT2D eigenvalue weighted by molar-refractivity contribution is -0.139. The Balaban J connectivity index is 1.88. The molecule has 0 saturated carbocycles. The second-order valence-electron chi connectivity index (χ2n) is 7.72. The zero-order valence-corrected chi connectivity index (χ0v) is 20.0. The maximum Gasteiger partial charge on any atom is 0.409 e. The normalized spacial score (nSPS) is 18.6. The van der Waals surface area contributed by atoms with Gasteiger partial charge >= 0.3 is 18.1 Å². The molecule has 0 radical (unpaired) electrons. The van der Waals surface area contributed by atoms with E-state index in [-0.39, 0.29) is 12.7 Å². The average molecular weight is 477 g/mol. The van der Waals surface area contributed by atoms with Gasteiger partial charge in [0.05, 0.1) is 39.0 Å². The minimum absolute atomic E-state index is 0.195. The van der Waals surface area contributed by atoms with Gasteiger partial charge in [0.2, 0.25) is 0 Å². The van der Waals surface area contributed by atoms with E-state index in [0.29, 0.717) is 67.7 Å². The number of benzene rings is 1. The number of rotatable bonds is 8. The van der Waals surface area contributed by atoms with Crippen LogP contribution in [0.2, 0.25) is 0 Å². The Morgan fingerprint density at radius 3 is 2.29 bits per heavy atom. The molecule has 11 nitrogen and oxygen atoms in total. The molecule has 2 heterocycles. The third-order valence-corrected chi connectivity index (χ3v) is 5.67. The first-order valence-electron chi connectivity index (χ1n) is 11.2. The van der Waals surface area contributed by atoms with Gasteiger partial charge in [-0.2, -0.15) is 0 Å². The van der Waals surface area contributed by atoms with Crippen LogP contribution in [0.3, 0.4) is 0 Å². The highest BCUT2D eigenvalue weighted by Crippen LogP contribution is 2.34. The Morgan fingerprint density at radius 2 is 1.68 bits per heavy atom. The van der Waals surface area contributed by atoms with Crippen LogP contribution in [-0.4, -0.2) is 88.1 Å². The first-order valence-corrected chi connectivity index (χ1v) is 11.2. The smallest absolute Gasteiger partial charge is 0.409 e. The van der Waals surface area contributed by atoms with Crippen molar-refractivity contribution in [3.8, 4) is 11.5 Å². The monoisotopic (exact) mass is 476 g/mol. The van der Waals surface area contributed by atoms with Gasteiger partial charge < -0.3 is 34.5 Å². The summed E-state index contributed by atoms with van der Waals surface area (Å²) in [5.74, 6) is 0.496. The van der Waals surface area contributed by atoms with E-state index >= 15 is 0 Å². The molecule has 0 bridgehead atoms. The molecule has 11 heteroatoms. The van der Waals surface area contributed by atoms with Crippen LogP contribution in [0.15, 0.2) is 29.5 Å². The zero-order valence-electron chi connectivity index (χ0n) is 20.0. The van der Waals surface area contributed by atoms with Gasteiger partial charge in [0.15, 0.2) is 11.5 Å². The first kappa shape index (κ1) is 25.2. The number of hydrogen-bond donors (Lipinski definition) is 2. The van der Waals surface area contributed by atoms with Gasteiger partial charge in [-0.05, 0) is 31.5 Å². The van der Waals surface area contributed by atoms with Crippen LogP contribution in [0, 0.1) is 0 Å². The van der Waals surface area contributed by atoms with Gasteiger partial charge in [-0.1, -0.05) is 6.07 Å². The van der Waals surface area contributed by atoms with Crippen molar-refractivity contribution in [1.29, 1.82) is 0 Å². The highest BCUT2D eigenvalue weighted by Gasteiger charge is 2.35. The number of nitrogens with one attached hydrogen (secondary N) is 2. The first-order chi connectivity index (χ1) is 16.4. The van der Waals surface area contributed by atoms with Crippen LogP contribution in [0.5, 0.6) is 11.5 Å². The van der Waals surface area contributed by atoms with E-state index in [4.69, 9.17) is 18.9 Å². The summed E-state index contributed by atoms with van der Waals surface area (Å²) in [6, 6.07) is 4.06. The van der Waals surface area contributed by atoms with Crippen molar-refractivity contribution in [2.24, 2.45) is 0 Å². The van der Waals surface area contributed by atoms with Gasteiger partial charge in [-0.15, -0.1) is 0 Å². The fourth-order valence-electron chi connectivity index (χ4n) is 4.00. The Morgan fingerprint density at radius 1 is 1.00 bits per heavy atom. The number of ether oxygens (including phenoxy) is 4. The lowest BCUT2D eigenvalue weighted by atomic mass is 9.94. The Kier molecular flexibility index (Phi) is 8.58. The molecular formula is C23H32N4O7. The summed E-state index contributed by atoms with van der Waals surface area (Å²) in [6.45, 7) is 6.47. The summed E-state index contributed by atoms with van der Waals surface area (Å²) < 4.78 is 21.1. The second-order valence-corrected chi connectivity index (χ2v) is 7.72. The number of urea groups is 1. The molecule has 0 unspecified atom stereocenters. The third kappa shape index (κ3) is 5.71. The van der Waals surface area contributed by atoms with Crippen molar-refractivity contribution >= 4 is 18.1 Å². The van der Waals surface area contributed by atoms with Crippen molar-refractivity contribution in [2.45, 2.75) is 19.9 Å². The Bertz CT molecular complexity index is 941. The zero-order chi connectivity index (χ0) is 24.7. The second kappa shape index (κ2) is 11.6. The molecule has 1 saturated heterocycles. The predicted molar refractivity (Wildman–Crippen MR) is 123 cm³/mol. The van der Waals surface area contributed by atoms with E-state index in [1.807, 2.05) is 0 Å². The van der Waals surface area contributed by atoms with Gasteiger partial charge in [-0.3, -0.25) is 4.90 Å². The highest BCUT2D eigenvalue weighted by atomic mass is 16.6. The van der Waals surface area contributed by atoms with Crippen LogP contribution in [0.4, 0.5) is 9.59 Å². The largest absolute Gasteiger partial charge is 0.493 e. The molecule has 2 aliphatic heterocycles. The van der Waals surface area contributed by atoms with E-state index in [1.54, 1.807) is 36.9 Å². The van der Waals surface area contributed by atoms with E-state index in [1.165, 1.54) is 14.2 Å². The Labute approximate surface area is 198 Å². The van der Waals surface area contributed by atoms with Crippen LogP contribution in [0.1, 0.15) is 25.5 Å². The number of hydrogen-bond acceptors (Lipinski definition) is 8. The third-order valence-electron chi connectivity index (χ3n) is 5.67. The van der Waals surface area contributed by atoms with E-state index < -0.39 is 18.0 Å². The van der Waals surface area contributed by atoms with Crippen molar-refractivity contribution < 1.29 is 33.3 Å². The number of piperazine rings is 1. The summed E-state index contributed by atoms with van der Waals surface area (Å²) in [4.78, 5) is 41.3. The lowest BCUT2D eigenvalue weighted by Gasteiger charge is -2.36. The van der Waals surface area contributed by atoms with Crippen molar-refractivity contribution in [1.82, 2.24) is 20.4 Å². The molecule has 0 aromatic heterocycles. The van der Waals surface area contributed by atoms with E-state index in [2.05, 4.69) is 15.5 Å². The number of carbonyl (C=O) groups excluding carboxylic acids is 3. The molecule has 1 atom stereocenters. The average Bonchev–Trinajstić information content (AvgIpc) is 2.84. The van der Waals surface area contributed by atoms with E-state index in [9.17, 15) is 14.4 Å². The number of esters is 1. The molecule has 3 amide bonds. The molecule has 1 fully saturated rings. The van der Waals surface area contributed by atoms with Crippen LogP contribution in [0.25, 0.3) is 0 Å². The Hall–Kier alpha value is -3.47. The minimum atomic E-state index is -0.733. The van der Waals surface area contributed by atoms with Crippen molar-refractivity contribution in [3.63, 3.8) is 0 Å². The molecule has 0 aliphatic carbocycles. The maximum atomic E-state index is 13.0. The van der Waals surface area contributed by atoms with Gasteiger partial charge in [0.25, 0.3) is 0 Å². The quantitative estimate of drug-likeness (QED) is 0.544. The summed E-state index contributed by atoms with van der Waals surface area (Å²) >= 11 is 0. The maximum absolute atomic E-state index is 13.0. The molecule has 1 aromatic carbocycles. The summed E-state index contributed by atoms with van der Waals surface area (Å²) in [5.41, 5.74) is 1.44. The minimum Gasteiger partial charge on any atom is -0.493 e. The highest BCUT2D eigenvalue weighted by molar-refractivity contribution is 5.95. The van der Waals surface area contributed by atoms with Crippen molar-refractivity contribution in [3.05, 3.63) is 35.0 Å². The fraction of sp³-hybridized carbons (Fsp3) is 0.522. The molecule has 3 rings (SSSR count). The molecule has 186 valence electrons. The van der Waals surface area contributed by atoms with Gasteiger partial charge in [0, 0.05) is 38.4 Å².